The number of ether oxygens (including phenoxy) is 1. The number of nitrogens with two attached hydrogens (primary N) is 1. The van der Waals surface area contributed by atoms with Crippen molar-refractivity contribution in [3.8, 4) is 5.75 Å². The van der Waals surface area contributed by atoms with Crippen molar-refractivity contribution in [2.45, 2.75) is 19.3 Å². The quantitative estimate of drug-likeness (QED) is 0.904. The van der Waals surface area contributed by atoms with Crippen molar-refractivity contribution in [3.63, 3.8) is 0 Å². The van der Waals surface area contributed by atoms with Gasteiger partial charge >= 0.3 is 0 Å². The molecule has 116 valence electrons. The molecule has 0 fully saturated rings. The zero-order valence-corrected chi connectivity index (χ0v) is 13.1. The Morgan fingerprint density at radius 1 is 1.45 bits per heavy atom. The Kier molecular flexibility index (Phi) is 4.58. The summed E-state index contributed by atoms with van der Waals surface area (Å²) in [5.41, 5.74) is 7.63. The van der Waals surface area contributed by atoms with E-state index < -0.39 is 0 Å². The topological polar surface area (TPSA) is 77.2 Å². The fourth-order valence-electron chi connectivity index (χ4n) is 2.61. The van der Waals surface area contributed by atoms with E-state index in [0.717, 1.165) is 29.8 Å². The predicted molar refractivity (Wildman–Crippen MR) is 87.0 cm³/mol. The van der Waals surface area contributed by atoms with Gasteiger partial charge in [0.05, 0.1) is 12.3 Å². The van der Waals surface area contributed by atoms with Crippen molar-refractivity contribution < 1.29 is 9.53 Å². The van der Waals surface area contributed by atoms with Crippen molar-refractivity contribution in [1.29, 1.82) is 0 Å². The largest absolute Gasteiger partial charge is 0.493 e. The smallest absolute Gasteiger partial charge is 0.223 e. The Morgan fingerprint density at radius 2 is 2.32 bits per heavy atom. The molecule has 0 bridgehead atoms. The van der Waals surface area contributed by atoms with Gasteiger partial charge in [-0.15, -0.1) is 11.3 Å². The highest BCUT2D eigenvalue weighted by molar-refractivity contribution is 7.13. The first-order valence-electron chi connectivity index (χ1n) is 7.40. The lowest BCUT2D eigenvalue weighted by atomic mass is 9.96. The monoisotopic (exact) mass is 317 g/mol. The number of anilines is 1. The van der Waals surface area contributed by atoms with E-state index in [1.807, 2.05) is 29.6 Å². The molecule has 5 nitrogen and oxygen atoms in total. The summed E-state index contributed by atoms with van der Waals surface area (Å²) in [6, 6.07) is 7.93. The summed E-state index contributed by atoms with van der Waals surface area (Å²) in [4.78, 5) is 16.5. The summed E-state index contributed by atoms with van der Waals surface area (Å²) in [5.74, 6) is 0.948. The number of nitrogens with zero attached hydrogens (tertiary/aromatic N) is 1. The molecule has 3 rings (SSSR count). The Hall–Kier alpha value is -2.08. The third-order valence-electron chi connectivity index (χ3n) is 3.78. The Morgan fingerprint density at radius 3 is 3.14 bits per heavy atom. The van der Waals surface area contributed by atoms with Gasteiger partial charge in [0.2, 0.25) is 5.91 Å². The molecule has 1 atom stereocenters. The third-order valence-corrected chi connectivity index (χ3v) is 4.51. The molecule has 1 aliphatic rings. The fourth-order valence-corrected chi connectivity index (χ4v) is 3.21. The van der Waals surface area contributed by atoms with E-state index >= 15 is 0 Å². The van der Waals surface area contributed by atoms with Crippen LogP contribution >= 0.6 is 11.3 Å². The van der Waals surface area contributed by atoms with Gasteiger partial charge in [-0.1, -0.05) is 18.2 Å². The second-order valence-electron chi connectivity index (χ2n) is 5.36. The number of para-hydroxylation sites is 1. The molecule has 1 aliphatic heterocycles. The summed E-state index contributed by atoms with van der Waals surface area (Å²) < 4.78 is 5.70. The standard InChI is InChI=1S/C16H19N3O2S/c17-16-19-13(10-22-16)5-7-18-15(20)12-6-8-21-14-4-2-1-3-11(14)9-12/h1-4,10,12H,5-9H2,(H2,17,19)(H,18,20). The van der Waals surface area contributed by atoms with Crippen LogP contribution in [0.15, 0.2) is 29.6 Å². The third kappa shape index (κ3) is 3.57. The van der Waals surface area contributed by atoms with Gasteiger partial charge in [-0.05, 0) is 24.5 Å². The van der Waals surface area contributed by atoms with Gasteiger partial charge < -0.3 is 15.8 Å². The summed E-state index contributed by atoms with van der Waals surface area (Å²) >= 11 is 1.42. The molecule has 0 saturated carbocycles. The second-order valence-corrected chi connectivity index (χ2v) is 6.25. The zero-order chi connectivity index (χ0) is 15.4. The van der Waals surface area contributed by atoms with Gasteiger partial charge in [0.15, 0.2) is 5.13 Å². The number of thiazole rings is 1. The van der Waals surface area contributed by atoms with E-state index in [1.54, 1.807) is 0 Å². The lowest BCUT2D eigenvalue weighted by Crippen LogP contribution is -2.33. The lowest BCUT2D eigenvalue weighted by molar-refractivity contribution is -0.125. The van der Waals surface area contributed by atoms with Gasteiger partial charge in [-0.25, -0.2) is 4.98 Å². The zero-order valence-electron chi connectivity index (χ0n) is 12.2. The predicted octanol–water partition coefficient (Wildman–Crippen LogP) is 2.03. The second kappa shape index (κ2) is 6.79. The van der Waals surface area contributed by atoms with Gasteiger partial charge in [0, 0.05) is 24.3 Å². The number of rotatable bonds is 4. The normalized spacial score (nSPS) is 17.2. The molecule has 1 unspecified atom stereocenters. The highest BCUT2D eigenvalue weighted by atomic mass is 32.1. The summed E-state index contributed by atoms with van der Waals surface area (Å²) in [6.07, 6.45) is 2.18. The molecule has 6 heteroatoms. The minimum atomic E-state index is -0.0378. The molecule has 1 aromatic carbocycles. The van der Waals surface area contributed by atoms with Gasteiger partial charge in [-0.2, -0.15) is 0 Å². The molecule has 0 saturated heterocycles. The van der Waals surface area contributed by atoms with Crippen LogP contribution in [0.1, 0.15) is 17.7 Å². The number of carbonyl (C=O) groups excluding carboxylic acids is 1. The number of nitrogens with one attached hydrogen (secondary N) is 1. The fraction of sp³-hybridized carbons (Fsp3) is 0.375. The van der Waals surface area contributed by atoms with Crippen LogP contribution in [0.5, 0.6) is 5.75 Å². The van der Waals surface area contributed by atoms with Crippen LogP contribution in [0.25, 0.3) is 0 Å². The summed E-state index contributed by atoms with van der Waals surface area (Å²) in [6.45, 7) is 1.17. The highest BCUT2D eigenvalue weighted by Crippen LogP contribution is 2.26. The minimum Gasteiger partial charge on any atom is -0.493 e. The van der Waals surface area contributed by atoms with Gasteiger partial charge in [0.25, 0.3) is 0 Å². The van der Waals surface area contributed by atoms with E-state index in [0.29, 0.717) is 24.7 Å². The molecule has 3 N–H and O–H groups in total. The van der Waals surface area contributed by atoms with Crippen LogP contribution in [0.3, 0.4) is 0 Å². The van der Waals surface area contributed by atoms with Gasteiger partial charge in [-0.3, -0.25) is 4.79 Å². The van der Waals surface area contributed by atoms with Crippen molar-refractivity contribution in [2.24, 2.45) is 5.92 Å². The average molecular weight is 317 g/mol. The Bertz CT molecular complexity index is 656. The molecule has 0 spiro atoms. The molecule has 22 heavy (non-hydrogen) atoms. The van der Waals surface area contributed by atoms with Crippen LogP contribution in [0.4, 0.5) is 5.13 Å². The van der Waals surface area contributed by atoms with E-state index in [4.69, 9.17) is 10.5 Å². The molecule has 1 amide bonds. The number of hydrogen-bond acceptors (Lipinski definition) is 5. The molecule has 2 aromatic rings. The summed E-state index contributed by atoms with van der Waals surface area (Å²) in [7, 11) is 0. The number of amides is 1. The van der Waals surface area contributed by atoms with E-state index in [2.05, 4.69) is 10.3 Å². The van der Waals surface area contributed by atoms with Crippen molar-refractivity contribution in [3.05, 3.63) is 40.9 Å². The van der Waals surface area contributed by atoms with Crippen LogP contribution in [-0.4, -0.2) is 24.0 Å². The average Bonchev–Trinajstić information content (AvgIpc) is 2.81. The number of benzene rings is 1. The maximum atomic E-state index is 12.3. The maximum Gasteiger partial charge on any atom is 0.223 e. The Balaban J connectivity index is 1.54. The molecule has 2 heterocycles. The van der Waals surface area contributed by atoms with Gasteiger partial charge in [0.1, 0.15) is 5.75 Å². The van der Waals surface area contributed by atoms with Crippen molar-refractivity contribution >= 4 is 22.4 Å². The molecular formula is C16H19N3O2S. The molecule has 0 aliphatic carbocycles. The molecule has 1 aromatic heterocycles. The maximum absolute atomic E-state index is 12.3. The molecular weight excluding hydrogens is 298 g/mol. The first-order valence-corrected chi connectivity index (χ1v) is 8.28. The van der Waals surface area contributed by atoms with Crippen LogP contribution in [-0.2, 0) is 17.6 Å². The van der Waals surface area contributed by atoms with Crippen molar-refractivity contribution in [2.75, 3.05) is 18.9 Å². The summed E-state index contributed by atoms with van der Waals surface area (Å²) in [5, 5.41) is 5.49. The minimum absolute atomic E-state index is 0.0378. The van der Waals surface area contributed by atoms with Crippen LogP contribution in [0, 0.1) is 5.92 Å². The highest BCUT2D eigenvalue weighted by Gasteiger charge is 2.23. The molecule has 0 radical (unpaired) electrons. The number of nitrogen functional groups attached to an aromatic ring is 1. The number of hydrogen-bond donors (Lipinski definition) is 2. The number of fused-ring (bicyclic) bond motifs is 1. The van der Waals surface area contributed by atoms with E-state index in [1.165, 1.54) is 11.3 Å². The van der Waals surface area contributed by atoms with Crippen molar-refractivity contribution in [1.82, 2.24) is 10.3 Å². The Labute approximate surface area is 133 Å². The first kappa shape index (κ1) is 14.8. The van der Waals surface area contributed by atoms with E-state index in [9.17, 15) is 4.79 Å². The SMILES string of the molecule is Nc1nc(CCNC(=O)C2CCOc3ccccc3C2)cs1. The van der Waals surface area contributed by atoms with E-state index in [-0.39, 0.29) is 11.8 Å². The number of aromatic nitrogens is 1. The number of carbonyl (C=O) groups is 1. The first-order chi connectivity index (χ1) is 10.7. The van der Waals surface area contributed by atoms with Crippen LogP contribution in [0.2, 0.25) is 0 Å². The van der Waals surface area contributed by atoms with Crippen LogP contribution < -0.4 is 15.8 Å². The lowest BCUT2D eigenvalue weighted by Gasteiger charge is -2.13.